The van der Waals surface area contributed by atoms with Crippen molar-refractivity contribution in [3.63, 3.8) is 0 Å². The first-order valence-corrected chi connectivity index (χ1v) is 9.38. The highest BCUT2D eigenvalue weighted by Gasteiger charge is 2.53. The maximum atomic E-state index is 13.2. The van der Waals surface area contributed by atoms with Gasteiger partial charge in [0.05, 0.1) is 12.5 Å². The van der Waals surface area contributed by atoms with Crippen LogP contribution in [-0.4, -0.2) is 44.1 Å². The van der Waals surface area contributed by atoms with Crippen molar-refractivity contribution < 1.29 is 9.53 Å². The number of nitrogens with zero attached hydrogens (tertiary/aromatic N) is 2. The minimum atomic E-state index is -0.294. The van der Waals surface area contributed by atoms with Crippen molar-refractivity contribution in [3.8, 4) is 5.75 Å². The van der Waals surface area contributed by atoms with Gasteiger partial charge in [-0.25, -0.2) is 0 Å². The van der Waals surface area contributed by atoms with Gasteiger partial charge in [-0.15, -0.1) is 0 Å². The molecule has 0 aromatic heterocycles. The SMILES string of the molecule is COc1ccc(C2(C(=O)N3CCN(c4cccc(C)c4)CC3)CC2)cc1. The summed E-state index contributed by atoms with van der Waals surface area (Å²) in [4.78, 5) is 17.6. The summed E-state index contributed by atoms with van der Waals surface area (Å²) >= 11 is 0. The Labute approximate surface area is 155 Å². The van der Waals surface area contributed by atoms with E-state index in [4.69, 9.17) is 4.74 Å². The second-order valence-corrected chi connectivity index (χ2v) is 7.43. The molecule has 1 aliphatic carbocycles. The highest BCUT2D eigenvalue weighted by Crippen LogP contribution is 2.50. The van der Waals surface area contributed by atoms with Crippen LogP contribution in [0.1, 0.15) is 24.0 Å². The molecule has 4 nitrogen and oxygen atoms in total. The molecule has 0 N–H and O–H groups in total. The molecule has 1 amide bonds. The zero-order chi connectivity index (χ0) is 18.1. The van der Waals surface area contributed by atoms with Crippen LogP contribution in [-0.2, 0) is 10.2 Å². The Morgan fingerprint density at radius 2 is 1.69 bits per heavy atom. The van der Waals surface area contributed by atoms with Crippen molar-refractivity contribution in [2.75, 3.05) is 38.2 Å². The van der Waals surface area contributed by atoms with Crippen LogP contribution in [0.5, 0.6) is 5.75 Å². The molecule has 2 aromatic rings. The van der Waals surface area contributed by atoms with Crippen molar-refractivity contribution in [2.24, 2.45) is 0 Å². The molecule has 0 atom stereocenters. The third-order valence-corrected chi connectivity index (χ3v) is 5.74. The predicted molar refractivity (Wildman–Crippen MR) is 104 cm³/mol. The number of hydrogen-bond donors (Lipinski definition) is 0. The summed E-state index contributed by atoms with van der Waals surface area (Å²) in [5.41, 5.74) is 3.37. The summed E-state index contributed by atoms with van der Waals surface area (Å²) in [6.45, 7) is 5.51. The van der Waals surface area contributed by atoms with E-state index in [-0.39, 0.29) is 5.41 Å². The summed E-state index contributed by atoms with van der Waals surface area (Å²) in [6.07, 6.45) is 1.91. The van der Waals surface area contributed by atoms with Crippen molar-refractivity contribution in [1.82, 2.24) is 4.90 Å². The van der Waals surface area contributed by atoms with Gasteiger partial charge < -0.3 is 14.5 Å². The van der Waals surface area contributed by atoms with Gasteiger partial charge in [0, 0.05) is 31.9 Å². The molecular weight excluding hydrogens is 324 g/mol. The van der Waals surface area contributed by atoms with E-state index in [1.54, 1.807) is 7.11 Å². The second kappa shape index (κ2) is 6.67. The first-order valence-electron chi connectivity index (χ1n) is 9.38. The van der Waals surface area contributed by atoms with E-state index in [0.717, 1.165) is 50.3 Å². The number of rotatable bonds is 4. The average molecular weight is 350 g/mol. The molecule has 2 aromatic carbocycles. The van der Waals surface area contributed by atoms with E-state index in [2.05, 4.69) is 41.0 Å². The quantitative estimate of drug-likeness (QED) is 0.847. The molecule has 136 valence electrons. The number of anilines is 1. The maximum Gasteiger partial charge on any atom is 0.233 e. The first kappa shape index (κ1) is 17.0. The summed E-state index contributed by atoms with van der Waals surface area (Å²) in [5, 5.41) is 0. The molecular formula is C22H26N2O2. The topological polar surface area (TPSA) is 32.8 Å². The summed E-state index contributed by atoms with van der Waals surface area (Å²) < 4.78 is 5.24. The molecule has 2 fully saturated rings. The van der Waals surface area contributed by atoms with Gasteiger partial charge >= 0.3 is 0 Å². The summed E-state index contributed by atoms with van der Waals surface area (Å²) in [5.74, 6) is 1.13. The van der Waals surface area contributed by atoms with E-state index < -0.39 is 0 Å². The Balaban J connectivity index is 1.43. The highest BCUT2D eigenvalue weighted by atomic mass is 16.5. The molecule has 4 rings (SSSR count). The van der Waals surface area contributed by atoms with Crippen LogP contribution in [0.25, 0.3) is 0 Å². The molecule has 0 bridgehead atoms. The molecule has 1 saturated heterocycles. The third kappa shape index (κ3) is 3.05. The van der Waals surface area contributed by atoms with Gasteiger partial charge in [0.15, 0.2) is 0 Å². The van der Waals surface area contributed by atoms with Crippen LogP contribution >= 0.6 is 0 Å². The smallest absolute Gasteiger partial charge is 0.233 e. The largest absolute Gasteiger partial charge is 0.497 e. The maximum absolute atomic E-state index is 13.2. The standard InChI is InChI=1S/C22H26N2O2/c1-17-4-3-5-19(16-17)23-12-14-24(15-13-23)21(25)22(10-11-22)18-6-8-20(26-2)9-7-18/h3-9,16H,10-15H2,1-2H3. The van der Waals surface area contributed by atoms with Gasteiger partial charge in [-0.1, -0.05) is 24.3 Å². The monoisotopic (exact) mass is 350 g/mol. The molecule has 0 spiro atoms. The van der Waals surface area contributed by atoms with E-state index in [0.29, 0.717) is 5.91 Å². The van der Waals surface area contributed by atoms with Gasteiger partial charge in [-0.2, -0.15) is 0 Å². The average Bonchev–Trinajstić information content (AvgIpc) is 3.50. The van der Waals surface area contributed by atoms with Crippen LogP contribution in [0, 0.1) is 6.92 Å². The fourth-order valence-corrected chi connectivity index (χ4v) is 3.96. The van der Waals surface area contributed by atoms with Crippen LogP contribution in [0.15, 0.2) is 48.5 Å². The normalized spacial score (nSPS) is 18.5. The Hall–Kier alpha value is -2.49. The number of hydrogen-bond acceptors (Lipinski definition) is 3. The van der Waals surface area contributed by atoms with Gasteiger partial charge in [0.1, 0.15) is 5.75 Å². The Kier molecular flexibility index (Phi) is 4.35. The van der Waals surface area contributed by atoms with Gasteiger partial charge in [-0.05, 0) is 55.2 Å². The van der Waals surface area contributed by atoms with E-state index >= 15 is 0 Å². The molecule has 26 heavy (non-hydrogen) atoms. The van der Waals surface area contributed by atoms with E-state index in [1.165, 1.54) is 11.3 Å². The number of carbonyl (C=O) groups excluding carboxylic acids is 1. The van der Waals surface area contributed by atoms with Gasteiger partial charge in [0.25, 0.3) is 0 Å². The van der Waals surface area contributed by atoms with Crippen molar-refractivity contribution >= 4 is 11.6 Å². The van der Waals surface area contributed by atoms with E-state index in [9.17, 15) is 4.79 Å². The predicted octanol–water partition coefficient (Wildman–Crippen LogP) is 3.38. The molecule has 1 saturated carbocycles. The van der Waals surface area contributed by atoms with Crippen molar-refractivity contribution in [1.29, 1.82) is 0 Å². The molecule has 0 unspecified atom stereocenters. The Morgan fingerprint density at radius 3 is 2.27 bits per heavy atom. The van der Waals surface area contributed by atoms with Crippen LogP contribution in [0.4, 0.5) is 5.69 Å². The molecule has 1 aliphatic heterocycles. The Bertz CT molecular complexity index is 788. The van der Waals surface area contributed by atoms with Crippen molar-refractivity contribution in [2.45, 2.75) is 25.2 Å². The number of amides is 1. The number of benzene rings is 2. The minimum absolute atomic E-state index is 0.294. The number of aryl methyl sites for hydroxylation is 1. The lowest BCUT2D eigenvalue weighted by Crippen LogP contribution is -2.51. The number of methoxy groups -OCH3 is 1. The fraction of sp³-hybridized carbons (Fsp3) is 0.409. The lowest BCUT2D eigenvalue weighted by atomic mass is 9.94. The zero-order valence-corrected chi connectivity index (χ0v) is 15.6. The Morgan fingerprint density at radius 1 is 1.00 bits per heavy atom. The lowest BCUT2D eigenvalue weighted by Gasteiger charge is -2.38. The van der Waals surface area contributed by atoms with Crippen molar-refractivity contribution in [3.05, 3.63) is 59.7 Å². The lowest BCUT2D eigenvalue weighted by molar-refractivity contribution is -0.134. The zero-order valence-electron chi connectivity index (χ0n) is 15.6. The number of carbonyl (C=O) groups is 1. The first-order chi connectivity index (χ1) is 12.6. The van der Waals surface area contributed by atoms with Crippen LogP contribution in [0.2, 0.25) is 0 Å². The van der Waals surface area contributed by atoms with Gasteiger partial charge in [0.2, 0.25) is 5.91 Å². The number of piperazine rings is 1. The fourth-order valence-electron chi connectivity index (χ4n) is 3.96. The molecule has 1 heterocycles. The third-order valence-electron chi connectivity index (χ3n) is 5.74. The summed E-state index contributed by atoms with van der Waals surface area (Å²) in [6, 6.07) is 16.6. The van der Waals surface area contributed by atoms with Gasteiger partial charge in [-0.3, -0.25) is 4.79 Å². The minimum Gasteiger partial charge on any atom is -0.497 e. The van der Waals surface area contributed by atoms with E-state index in [1.807, 2.05) is 24.3 Å². The molecule has 2 aliphatic rings. The second-order valence-electron chi connectivity index (χ2n) is 7.43. The van der Waals surface area contributed by atoms with Crippen LogP contribution < -0.4 is 9.64 Å². The summed E-state index contributed by atoms with van der Waals surface area (Å²) in [7, 11) is 1.67. The molecule has 4 heteroatoms. The molecule has 0 radical (unpaired) electrons. The van der Waals surface area contributed by atoms with Crippen LogP contribution in [0.3, 0.4) is 0 Å². The highest BCUT2D eigenvalue weighted by molar-refractivity contribution is 5.91. The number of ether oxygens (including phenoxy) is 1.